The van der Waals surface area contributed by atoms with Gasteiger partial charge in [-0.05, 0) is 23.1 Å². The lowest BCUT2D eigenvalue weighted by molar-refractivity contribution is 0.0639. The molecule has 0 aromatic heterocycles. The van der Waals surface area contributed by atoms with Gasteiger partial charge in [0.25, 0.3) is 0 Å². The second-order valence-electron chi connectivity index (χ2n) is 5.49. The lowest BCUT2D eigenvalue weighted by Crippen LogP contribution is -2.36. The molecule has 0 aliphatic heterocycles. The van der Waals surface area contributed by atoms with Crippen molar-refractivity contribution in [1.29, 1.82) is 0 Å². The molecular weight excluding hydrogens is 229 g/mol. The number of aliphatic hydroxyl groups excluding tert-OH is 1. The highest BCUT2D eigenvalue weighted by Crippen LogP contribution is 2.17. The van der Waals surface area contributed by atoms with Gasteiger partial charge in [0.1, 0.15) is 5.82 Å². The van der Waals surface area contributed by atoms with E-state index in [-0.39, 0.29) is 17.3 Å². The van der Waals surface area contributed by atoms with E-state index in [1.807, 2.05) is 32.9 Å². The number of hydrogen-bond acceptors (Lipinski definition) is 2. The van der Waals surface area contributed by atoms with Gasteiger partial charge in [-0.25, -0.2) is 4.39 Å². The second-order valence-corrected chi connectivity index (χ2v) is 5.49. The highest BCUT2D eigenvalue weighted by Gasteiger charge is 2.20. The molecule has 100 valence electrons. The molecule has 1 rings (SSSR count). The topological polar surface area (TPSA) is 32.3 Å². The first kappa shape index (κ1) is 14.9. The second kappa shape index (κ2) is 6.66. The summed E-state index contributed by atoms with van der Waals surface area (Å²) < 4.78 is 12.7. The molecule has 0 bridgehead atoms. The average molecular weight is 251 g/mol. The average Bonchev–Trinajstić information content (AvgIpc) is 2.29. The van der Waals surface area contributed by atoms with Crippen molar-refractivity contribution in [3.63, 3.8) is 0 Å². The van der Waals surface area contributed by atoms with Gasteiger partial charge in [-0.1, -0.05) is 45.1 Å². The first-order valence-corrected chi connectivity index (χ1v) is 6.20. The summed E-state index contributed by atoms with van der Waals surface area (Å²) >= 11 is 0. The fourth-order valence-corrected chi connectivity index (χ4v) is 1.38. The molecule has 0 aliphatic rings. The summed E-state index contributed by atoms with van der Waals surface area (Å²) in [5.74, 6) is -0.224. The van der Waals surface area contributed by atoms with Crippen LogP contribution >= 0.6 is 0 Å². The van der Waals surface area contributed by atoms with Crippen LogP contribution in [0.15, 0.2) is 30.3 Å². The highest BCUT2D eigenvalue weighted by molar-refractivity contribution is 5.48. The molecule has 1 atom stereocenters. The van der Waals surface area contributed by atoms with Crippen molar-refractivity contribution in [2.45, 2.75) is 26.9 Å². The van der Waals surface area contributed by atoms with Gasteiger partial charge in [0.05, 0.1) is 6.10 Å². The smallest absolute Gasteiger partial charge is 0.123 e. The van der Waals surface area contributed by atoms with E-state index in [1.165, 1.54) is 12.1 Å². The van der Waals surface area contributed by atoms with Gasteiger partial charge in [-0.2, -0.15) is 0 Å². The normalized spacial score (nSPS) is 14.1. The standard InChI is InChI=1S/C15H22FNO/c1-15(2,3)14(18)11-17-10-4-5-12-6-8-13(16)9-7-12/h4-9,14,17-18H,10-11H2,1-3H3/b5-4+. The Balaban J connectivity index is 2.28. The van der Waals surface area contributed by atoms with E-state index in [9.17, 15) is 9.50 Å². The molecule has 0 fully saturated rings. The van der Waals surface area contributed by atoms with E-state index < -0.39 is 0 Å². The molecule has 0 heterocycles. The molecular formula is C15H22FNO. The van der Waals surface area contributed by atoms with Gasteiger partial charge in [0, 0.05) is 13.1 Å². The summed E-state index contributed by atoms with van der Waals surface area (Å²) in [5.41, 5.74) is 0.864. The molecule has 18 heavy (non-hydrogen) atoms. The Morgan fingerprint density at radius 1 is 1.28 bits per heavy atom. The van der Waals surface area contributed by atoms with Gasteiger partial charge in [0.2, 0.25) is 0 Å². The van der Waals surface area contributed by atoms with Crippen molar-refractivity contribution >= 4 is 6.08 Å². The third kappa shape index (κ3) is 5.43. The zero-order chi connectivity index (χ0) is 13.6. The molecule has 1 aromatic rings. The van der Waals surface area contributed by atoms with Crippen molar-refractivity contribution in [1.82, 2.24) is 5.32 Å². The van der Waals surface area contributed by atoms with Crippen LogP contribution in [0, 0.1) is 11.2 Å². The Kier molecular flexibility index (Phi) is 5.51. The lowest BCUT2D eigenvalue weighted by atomic mass is 9.89. The van der Waals surface area contributed by atoms with Gasteiger partial charge in [-0.3, -0.25) is 0 Å². The summed E-state index contributed by atoms with van der Waals surface area (Å²) in [4.78, 5) is 0. The number of nitrogens with one attached hydrogen (secondary N) is 1. The van der Waals surface area contributed by atoms with Crippen LogP contribution in [0.3, 0.4) is 0 Å². The summed E-state index contributed by atoms with van der Waals surface area (Å²) in [7, 11) is 0. The van der Waals surface area contributed by atoms with Crippen LogP contribution in [-0.2, 0) is 0 Å². The monoisotopic (exact) mass is 251 g/mol. The SMILES string of the molecule is CC(C)(C)C(O)CNC/C=C/c1ccc(F)cc1. The molecule has 2 nitrogen and oxygen atoms in total. The van der Waals surface area contributed by atoms with Crippen LogP contribution in [0.1, 0.15) is 26.3 Å². The van der Waals surface area contributed by atoms with Gasteiger partial charge in [0.15, 0.2) is 0 Å². The van der Waals surface area contributed by atoms with Crippen LogP contribution < -0.4 is 5.32 Å². The molecule has 1 aromatic carbocycles. The summed E-state index contributed by atoms with van der Waals surface area (Å²) in [6.45, 7) is 7.27. The van der Waals surface area contributed by atoms with Crippen molar-refractivity contribution in [2.24, 2.45) is 5.41 Å². The van der Waals surface area contributed by atoms with E-state index in [1.54, 1.807) is 12.1 Å². The predicted molar refractivity (Wildman–Crippen MR) is 73.8 cm³/mol. The van der Waals surface area contributed by atoms with Crippen molar-refractivity contribution < 1.29 is 9.50 Å². The van der Waals surface area contributed by atoms with Gasteiger partial charge < -0.3 is 10.4 Å². The first-order valence-electron chi connectivity index (χ1n) is 6.20. The van der Waals surface area contributed by atoms with Gasteiger partial charge in [-0.15, -0.1) is 0 Å². The van der Waals surface area contributed by atoms with Crippen molar-refractivity contribution in [3.05, 3.63) is 41.7 Å². The zero-order valence-electron chi connectivity index (χ0n) is 11.3. The largest absolute Gasteiger partial charge is 0.391 e. The molecule has 0 radical (unpaired) electrons. The molecule has 1 unspecified atom stereocenters. The minimum Gasteiger partial charge on any atom is -0.391 e. The Morgan fingerprint density at radius 2 is 1.89 bits per heavy atom. The van der Waals surface area contributed by atoms with E-state index >= 15 is 0 Å². The number of rotatable bonds is 5. The molecule has 3 heteroatoms. The van der Waals surface area contributed by atoms with Crippen LogP contribution in [0.2, 0.25) is 0 Å². The third-order valence-electron chi connectivity index (χ3n) is 2.78. The number of benzene rings is 1. The molecule has 0 saturated heterocycles. The number of aliphatic hydroxyl groups is 1. The molecule has 2 N–H and O–H groups in total. The summed E-state index contributed by atoms with van der Waals surface area (Å²) in [6.07, 6.45) is 3.52. The van der Waals surface area contributed by atoms with Crippen LogP contribution in [-0.4, -0.2) is 24.3 Å². The fourth-order valence-electron chi connectivity index (χ4n) is 1.38. The minimum absolute atomic E-state index is 0.104. The van der Waals surface area contributed by atoms with Crippen LogP contribution in [0.25, 0.3) is 6.08 Å². The quantitative estimate of drug-likeness (QED) is 0.789. The third-order valence-corrected chi connectivity index (χ3v) is 2.78. The number of hydrogen-bond donors (Lipinski definition) is 2. The maximum Gasteiger partial charge on any atom is 0.123 e. The van der Waals surface area contributed by atoms with Crippen molar-refractivity contribution in [3.8, 4) is 0 Å². The Hall–Kier alpha value is -1.19. The van der Waals surface area contributed by atoms with E-state index in [4.69, 9.17) is 0 Å². The fraction of sp³-hybridized carbons (Fsp3) is 0.467. The maximum absolute atomic E-state index is 12.7. The van der Waals surface area contributed by atoms with Crippen molar-refractivity contribution in [2.75, 3.05) is 13.1 Å². The highest BCUT2D eigenvalue weighted by atomic mass is 19.1. The van der Waals surface area contributed by atoms with E-state index in [2.05, 4.69) is 5.32 Å². The Labute approximate surface area is 109 Å². The van der Waals surface area contributed by atoms with Crippen LogP contribution in [0.4, 0.5) is 4.39 Å². The van der Waals surface area contributed by atoms with E-state index in [0.717, 1.165) is 5.56 Å². The summed E-state index contributed by atoms with van der Waals surface area (Å²) in [5, 5.41) is 13.0. The Bertz CT molecular complexity index is 378. The van der Waals surface area contributed by atoms with Gasteiger partial charge >= 0.3 is 0 Å². The summed E-state index contributed by atoms with van der Waals surface area (Å²) in [6, 6.07) is 6.35. The van der Waals surface area contributed by atoms with Crippen LogP contribution in [0.5, 0.6) is 0 Å². The molecule has 0 aliphatic carbocycles. The Morgan fingerprint density at radius 3 is 2.44 bits per heavy atom. The lowest BCUT2D eigenvalue weighted by Gasteiger charge is -2.25. The molecule has 0 amide bonds. The minimum atomic E-state index is -0.364. The number of halogens is 1. The maximum atomic E-state index is 12.7. The zero-order valence-corrected chi connectivity index (χ0v) is 11.3. The first-order chi connectivity index (χ1) is 8.39. The molecule has 0 saturated carbocycles. The predicted octanol–water partition coefficient (Wildman–Crippen LogP) is 2.84. The molecule has 0 spiro atoms. The van der Waals surface area contributed by atoms with E-state index in [0.29, 0.717) is 13.1 Å².